The van der Waals surface area contributed by atoms with Crippen LogP contribution in [-0.2, 0) is 11.3 Å². The Hall–Kier alpha value is -2.41. The maximum atomic E-state index is 12.1. The van der Waals surface area contributed by atoms with Crippen molar-refractivity contribution in [3.05, 3.63) is 76.8 Å². The van der Waals surface area contributed by atoms with Crippen LogP contribution in [-0.4, -0.2) is 18.2 Å². The van der Waals surface area contributed by atoms with Gasteiger partial charge in [-0.2, -0.15) is 0 Å². The Bertz CT molecular complexity index is 958. The third kappa shape index (κ3) is 4.86. The van der Waals surface area contributed by atoms with Crippen LogP contribution in [0.3, 0.4) is 0 Å². The van der Waals surface area contributed by atoms with Gasteiger partial charge in [0.15, 0.2) is 5.11 Å². The van der Waals surface area contributed by atoms with Gasteiger partial charge in [0.1, 0.15) is 5.00 Å². The molecule has 0 atom stereocenters. The summed E-state index contributed by atoms with van der Waals surface area (Å²) in [5.41, 5.74) is 2.41. The Morgan fingerprint density at radius 1 is 1.15 bits per heavy atom. The van der Waals surface area contributed by atoms with Gasteiger partial charge in [0.05, 0.1) is 12.7 Å². The number of thiocarbonyl (C=S) groups is 1. The van der Waals surface area contributed by atoms with Crippen molar-refractivity contribution in [2.75, 3.05) is 12.4 Å². The molecule has 0 aliphatic carbocycles. The van der Waals surface area contributed by atoms with Crippen LogP contribution < -0.4 is 10.6 Å². The molecule has 2 aromatic carbocycles. The number of esters is 1. The van der Waals surface area contributed by atoms with Crippen molar-refractivity contribution in [3.8, 4) is 10.4 Å². The van der Waals surface area contributed by atoms with Gasteiger partial charge in [0.25, 0.3) is 0 Å². The van der Waals surface area contributed by atoms with Crippen LogP contribution in [0.5, 0.6) is 0 Å². The van der Waals surface area contributed by atoms with Crippen molar-refractivity contribution in [2.24, 2.45) is 0 Å². The average Bonchev–Trinajstić information content (AvgIpc) is 3.11. The number of ether oxygens (including phenoxy) is 1. The van der Waals surface area contributed by atoms with E-state index in [2.05, 4.69) is 10.6 Å². The first-order chi connectivity index (χ1) is 13.1. The Balaban J connectivity index is 1.76. The molecule has 0 saturated carbocycles. The van der Waals surface area contributed by atoms with E-state index < -0.39 is 5.97 Å². The lowest BCUT2D eigenvalue weighted by Crippen LogP contribution is -2.28. The van der Waals surface area contributed by atoms with Gasteiger partial charge < -0.3 is 15.4 Å². The Labute approximate surface area is 172 Å². The van der Waals surface area contributed by atoms with Crippen molar-refractivity contribution >= 4 is 51.2 Å². The predicted octanol–water partition coefficient (Wildman–Crippen LogP) is 5.34. The van der Waals surface area contributed by atoms with Crippen molar-refractivity contribution in [1.29, 1.82) is 0 Å². The molecule has 27 heavy (non-hydrogen) atoms. The van der Waals surface area contributed by atoms with Crippen LogP contribution in [0.25, 0.3) is 10.4 Å². The van der Waals surface area contributed by atoms with Crippen LogP contribution in [0.4, 0.5) is 5.00 Å². The van der Waals surface area contributed by atoms with E-state index in [1.807, 2.05) is 60.7 Å². The molecule has 0 bridgehead atoms. The highest BCUT2D eigenvalue weighted by Gasteiger charge is 2.18. The Kier molecular flexibility index (Phi) is 6.45. The molecule has 3 rings (SSSR count). The molecule has 4 nitrogen and oxygen atoms in total. The number of hydrogen-bond acceptors (Lipinski definition) is 4. The second-order valence-corrected chi connectivity index (χ2v) is 7.48. The van der Waals surface area contributed by atoms with Crippen LogP contribution in [0.1, 0.15) is 15.9 Å². The highest BCUT2D eigenvalue weighted by atomic mass is 35.5. The van der Waals surface area contributed by atoms with E-state index in [9.17, 15) is 4.79 Å². The van der Waals surface area contributed by atoms with Crippen molar-refractivity contribution < 1.29 is 9.53 Å². The highest BCUT2D eigenvalue weighted by molar-refractivity contribution is 7.80. The quantitative estimate of drug-likeness (QED) is 0.434. The summed E-state index contributed by atoms with van der Waals surface area (Å²) < 4.78 is 4.90. The van der Waals surface area contributed by atoms with Crippen molar-refractivity contribution in [3.63, 3.8) is 0 Å². The number of carbonyl (C=O) groups is 1. The standard InChI is InChI=1S/C20H17ClN2O2S2/c1-25-19(24)15-11-17(13-7-3-2-4-8-13)27-18(15)23-20(26)22-12-14-9-5-6-10-16(14)21/h2-11H,12H2,1H3,(H2,22,23,26). The van der Waals surface area contributed by atoms with E-state index in [0.29, 0.717) is 27.2 Å². The summed E-state index contributed by atoms with van der Waals surface area (Å²) in [5, 5.41) is 7.92. The lowest BCUT2D eigenvalue weighted by atomic mass is 10.1. The molecule has 0 radical (unpaired) electrons. The second kappa shape index (κ2) is 8.99. The van der Waals surface area contributed by atoms with Crippen LogP contribution in [0, 0.1) is 0 Å². The summed E-state index contributed by atoms with van der Waals surface area (Å²) in [6, 6.07) is 19.2. The van der Waals surface area contributed by atoms with Crippen molar-refractivity contribution in [2.45, 2.75) is 6.54 Å². The Morgan fingerprint density at radius 2 is 1.85 bits per heavy atom. The van der Waals surface area contributed by atoms with Gasteiger partial charge in [-0.25, -0.2) is 4.79 Å². The van der Waals surface area contributed by atoms with E-state index in [1.54, 1.807) is 0 Å². The van der Waals surface area contributed by atoms with E-state index >= 15 is 0 Å². The minimum absolute atomic E-state index is 0.404. The minimum atomic E-state index is -0.412. The zero-order valence-electron chi connectivity index (χ0n) is 14.5. The number of thiophene rings is 1. The summed E-state index contributed by atoms with van der Waals surface area (Å²) in [7, 11) is 1.36. The zero-order valence-corrected chi connectivity index (χ0v) is 16.9. The normalized spacial score (nSPS) is 10.3. The largest absolute Gasteiger partial charge is 0.465 e. The lowest BCUT2D eigenvalue weighted by molar-refractivity contribution is 0.0602. The average molecular weight is 417 g/mol. The molecular weight excluding hydrogens is 400 g/mol. The summed E-state index contributed by atoms with van der Waals surface area (Å²) >= 11 is 13.0. The molecule has 0 fully saturated rings. The lowest BCUT2D eigenvalue weighted by Gasteiger charge is -2.11. The van der Waals surface area contributed by atoms with Gasteiger partial charge in [-0.1, -0.05) is 60.1 Å². The van der Waals surface area contributed by atoms with Gasteiger partial charge in [0.2, 0.25) is 0 Å². The smallest absolute Gasteiger partial charge is 0.340 e. The molecule has 0 unspecified atom stereocenters. The molecular formula is C20H17ClN2O2S2. The van der Waals surface area contributed by atoms with Crippen molar-refractivity contribution in [1.82, 2.24) is 5.32 Å². The number of hydrogen-bond donors (Lipinski definition) is 2. The van der Waals surface area contributed by atoms with Crippen LogP contribution in [0.15, 0.2) is 60.7 Å². The Morgan fingerprint density at radius 3 is 2.56 bits per heavy atom. The third-order valence-electron chi connectivity index (χ3n) is 3.82. The third-order valence-corrected chi connectivity index (χ3v) is 5.53. The van der Waals surface area contributed by atoms with Gasteiger partial charge in [-0.15, -0.1) is 11.3 Å². The number of methoxy groups -OCH3 is 1. The molecule has 1 heterocycles. The number of carbonyl (C=O) groups excluding carboxylic acids is 1. The first kappa shape index (κ1) is 19.4. The van der Waals surface area contributed by atoms with E-state index in [-0.39, 0.29) is 0 Å². The maximum absolute atomic E-state index is 12.1. The number of nitrogens with one attached hydrogen (secondary N) is 2. The molecule has 0 aliphatic heterocycles. The number of anilines is 1. The first-order valence-electron chi connectivity index (χ1n) is 8.14. The fourth-order valence-electron chi connectivity index (χ4n) is 2.45. The van der Waals surface area contributed by atoms with E-state index in [1.165, 1.54) is 18.4 Å². The van der Waals surface area contributed by atoms with Crippen LogP contribution >= 0.6 is 35.2 Å². The number of rotatable bonds is 5. The molecule has 2 N–H and O–H groups in total. The van der Waals surface area contributed by atoms with E-state index in [4.69, 9.17) is 28.6 Å². The summed E-state index contributed by atoms with van der Waals surface area (Å²) in [5.74, 6) is -0.412. The molecule has 7 heteroatoms. The van der Waals surface area contributed by atoms with Gasteiger partial charge in [0, 0.05) is 16.4 Å². The summed E-state index contributed by atoms with van der Waals surface area (Å²) in [6.07, 6.45) is 0. The molecule has 138 valence electrons. The molecule has 3 aromatic rings. The van der Waals surface area contributed by atoms with Crippen LogP contribution in [0.2, 0.25) is 5.02 Å². The van der Waals surface area contributed by atoms with Gasteiger partial charge >= 0.3 is 5.97 Å². The van der Waals surface area contributed by atoms with Gasteiger partial charge in [-0.05, 0) is 35.5 Å². The molecule has 0 aliphatic rings. The number of benzene rings is 2. The maximum Gasteiger partial charge on any atom is 0.340 e. The number of halogens is 1. The fourth-order valence-corrected chi connectivity index (χ4v) is 3.95. The summed E-state index contributed by atoms with van der Waals surface area (Å²) in [6.45, 7) is 0.482. The van der Waals surface area contributed by atoms with E-state index in [0.717, 1.165) is 16.0 Å². The van der Waals surface area contributed by atoms with Gasteiger partial charge in [-0.3, -0.25) is 0 Å². The second-order valence-electron chi connectivity index (χ2n) is 5.61. The molecule has 0 spiro atoms. The molecule has 0 saturated heterocycles. The zero-order chi connectivity index (χ0) is 19.2. The monoisotopic (exact) mass is 416 g/mol. The predicted molar refractivity (Wildman–Crippen MR) is 116 cm³/mol. The molecule has 1 aromatic heterocycles. The highest BCUT2D eigenvalue weighted by Crippen LogP contribution is 2.35. The summed E-state index contributed by atoms with van der Waals surface area (Å²) in [4.78, 5) is 13.1. The SMILES string of the molecule is COC(=O)c1cc(-c2ccccc2)sc1NC(=S)NCc1ccccc1Cl. The fraction of sp³-hybridized carbons (Fsp3) is 0.100. The molecule has 0 amide bonds. The first-order valence-corrected chi connectivity index (χ1v) is 9.74. The topological polar surface area (TPSA) is 50.4 Å². The minimum Gasteiger partial charge on any atom is -0.465 e.